The second-order valence-corrected chi connectivity index (χ2v) is 5.60. The first-order valence-corrected chi connectivity index (χ1v) is 7.32. The molecule has 1 amide bonds. The van der Waals surface area contributed by atoms with Crippen LogP contribution in [0.25, 0.3) is 0 Å². The Morgan fingerprint density at radius 2 is 1.52 bits per heavy atom. The first kappa shape index (κ1) is 15.4. The van der Waals surface area contributed by atoms with Gasteiger partial charge in [0.2, 0.25) is 5.78 Å². The second kappa shape index (κ2) is 7.12. The molecular weight excluding hydrogens is 381 g/mol. The van der Waals surface area contributed by atoms with E-state index in [0.29, 0.717) is 11.3 Å². The maximum absolute atomic E-state index is 11.9. The maximum atomic E-state index is 11.9. The molecule has 0 bridgehead atoms. The number of carbonyl (C=O) groups excluding carboxylic acids is 3. The van der Waals surface area contributed by atoms with Crippen molar-refractivity contribution in [3.8, 4) is 0 Å². The molecule has 1 N–H and O–H groups in total. The summed E-state index contributed by atoms with van der Waals surface area (Å²) < 4.78 is 1.02. The molecule has 0 fully saturated rings. The van der Waals surface area contributed by atoms with Crippen molar-refractivity contribution in [2.75, 3.05) is 5.32 Å². The molecule has 0 spiro atoms. The van der Waals surface area contributed by atoms with Gasteiger partial charge in [0.25, 0.3) is 5.91 Å². The van der Waals surface area contributed by atoms with E-state index in [4.69, 9.17) is 0 Å². The number of rotatable bonds is 5. The lowest BCUT2D eigenvalue weighted by Gasteiger charge is -2.04. The average molecular weight is 393 g/mol. The van der Waals surface area contributed by atoms with Crippen LogP contribution in [0, 0.1) is 3.57 Å². The molecule has 0 aliphatic carbocycles. The second-order valence-electron chi connectivity index (χ2n) is 4.35. The minimum atomic E-state index is -0.777. The van der Waals surface area contributed by atoms with Crippen molar-refractivity contribution < 1.29 is 14.4 Å². The molecule has 0 aromatic heterocycles. The van der Waals surface area contributed by atoms with Gasteiger partial charge in [-0.05, 0) is 46.9 Å². The maximum Gasteiger partial charge on any atom is 0.292 e. The lowest BCUT2D eigenvalue weighted by Crippen LogP contribution is -2.25. The Morgan fingerprint density at radius 1 is 0.905 bits per heavy atom. The molecule has 0 atom stereocenters. The number of nitrogens with one attached hydrogen (secondary N) is 1. The Balaban J connectivity index is 1.95. The Labute approximate surface area is 135 Å². The predicted octanol–water partition coefficient (Wildman–Crippen LogP) is 3.07. The molecule has 0 saturated carbocycles. The van der Waals surface area contributed by atoms with E-state index in [1.807, 2.05) is 12.1 Å². The van der Waals surface area contributed by atoms with Gasteiger partial charge in [0, 0.05) is 14.8 Å². The van der Waals surface area contributed by atoms with Gasteiger partial charge >= 0.3 is 0 Å². The van der Waals surface area contributed by atoms with Crippen molar-refractivity contribution in [2.24, 2.45) is 0 Å². The van der Waals surface area contributed by atoms with Gasteiger partial charge in [0.05, 0.1) is 6.42 Å². The van der Waals surface area contributed by atoms with Gasteiger partial charge in [0.15, 0.2) is 5.78 Å². The van der Waals surface area contributed by atoms with Crippen molar-refractivity contribution in [1.29, 1.82) is 0 Å². The number of ketones is 2. The van der Waals surface area contributed by atoms with Crippen LogP contribution in [0.15, 0.2) is 54.6 Å². The van der Waals surface area contributed by atoms with Crippen molar-refractivity contribution in [3.63, 3.8) is 0 Å². The fourth-order valence-electron chi connectivity index (χ4n) is 1.69. The van der Waals surface area contributed by atoms with E-state index in [9.17, 15) is 14.4 Å². The minimum absolute atomic E-state index is 0.363. The van der Waals surface area contributed by atoms with E-state index in [1.54, 1.807) is 42.5 Å². The number of hydrogen-bond donors (Lipinski definition) is 1. The molecule has 2 aromatic rings. The van der Waals surface area contributed by atoms with Crippen LogP contribution in [0.3, 0.4) is 0 Å². The van der Waals surface area contributed by atoms with Crippen molar-refractivity contribution in [3.05, 3.63) is 63.7 Å². The van der Waals surface area contributed by atoms with Gasteiger partial charge in [-0.15, -0.1) is 0 Å². The van der Waals surface area contributed by atoms with Gasteiger partial charge in [-0.25, -0.2) is 0 Å². The van der Waals surface area contributed by atoms with Crippen LogP contribution >= 0.6 is 22.6 Å². The van der Waals surface area contributed by atoms with Crippen LogP contribution in [-0.4, -0.2) is 17.5 Å². The Hall–Kier alpha value is -2.02. The van der Waals surface area contributed by atoms with Gasteiger partial charge in [-0.3, -0.25) is 14.4 Å². The van der Waals surface area contributed by atoms with Crippen LogP contribution in [0.4, 0.5) is 5.69 Å². The number of Topliss-reactive ketones (excluding diaryl/α,β-unsaturated/α-hetero) is 2. The zero-order chi connectivity index (χ0) is 15.2. The lowest BCUT2D eigenvalue weighted by atomic mass is 10.1. The monoisotopic (exact) mass is 393 g/mol. The summed E-state index contributed by atoms with van der Waals surface area (Å²) >= 11 is 2.14. The third kappa shape index (κ3) is 4.49. The summed E-state index contributed by atoms with van der Waals surface area (Å²) in [4.78, 5) is 35.4. The number of halogens is 1. The highest BCUT2D eigenvalue weighted by Crippen LogP contribution is 2.11. The fraction of sp³-hybridized carbons (Fsp3) is 0.0625. The molecule has 4 nitrogen and oxygen atoms in total. The van der Waals surface area contributed by atoms with Crippen molar-refractivity contribution in [2.45, 2.75) is 6.42 Å². The standard InChI is InChI=1S/C16H12INO3/c17-12-6-8-13(9-7-12)18-16(21)15(20)10-14(19)11-4-2-1-3-5-11/h1-9H,10H2,(H,18,21). The smallest absolute Gasteiger partial charge is 0.292 e. The highest BCUT2D eigenvalue weighted by molar-refractivity contribution is 14.1. The molecule has 5 heteroatoms. The Bertz CT molecular complexity index is 666. The third-order valence-corrected chi connectivity index (χ3v) is 3.49. The summed E-state index contributed by atoms with van der Waals surface area (Å²) in [5.74, 6) is -1.89. The Morgan fingerprint density at radius 3 is 2.14 bits per heavy atom. The zero-order valence-electron chi connectivity index (χ0n) is 11.0. The molecule has 106 valence electrons. The van der Waals surface area contributed by atoms with E-state index in [2.05, 4.69) is 27.9 Å². The predicted molar refractivity (Wildman–Crippen MR) is 88.2 cm³/mol. The quantitative estimate of drug-likeness (QED) is 0.368. The molecule has 2 rings (SSSR count). The van der Waals surface area contributed by atoms with Gasteiger partial charge in [0.1, 0.15) is 0 Å². The molecule has 0 radical (unpaired) electrons. The van der Waals surface area contributed by atoms with Gasteiger partial charge in [-0.2, -0.15) is 0 Å². The van der Waals surface area contributed by atoms with Crippen LogP contribution < -0.4 is 5.32 Å². The number of hydrogen-bond acceptors (Lipinski definition) is 3. The molecule has 0 heterocycles. The highest BCUT2D eigenvalue weighted by atomic mass is 127. The summed E-state index contributed by atoms with van der Waals surface area (Å²) in [5, 5.41) is 2.48. The van der Waals surface area contributed by atoms with E-state index in [1.165, 1.54) is 0 Å². The van der Waals surface area contributed by atoms with Crippen LogP contribution in [0.1, 0.15) is 16.8 Å². The van der Waals surface area contributed by atoms with E-state index in [-0.39, 0.29) is 5.78 Å². The van der Waals surface area contributed by atoms with Gasteiger partial charge in [-0.1, -0.05) is 30.3 Å². The Kier molecular flexibility index (Phi) is 5.21. The summed E-state index contributed by atoms with van der Waals surface area (Å²) in [6, 6.07) is 15.5. The average Bonchev–Trinajstić information content (AvgIpc) is 2.50. The highest BCUT2D eigenvalue weighted by Gasteiger charge is 2.18. The number of anilines is 1. The topological polar surface area (TPSA) is 63.2 Å². The number of benzene rings is 2. The number of carbonyl (C=O) groups is 3. The minimum Gasteiger partial charge on any atom is -0.319 e. The first-order valence-electron chi connectivity index (χ1n) is 6.24. The largest absolute Gasteiger partial charge is 0.319 e. The molecule has 21 heavy (non-hydrogen) atoms. The van der Waals surface area contributed by atoms with Crippen LogP contribution in [0.5, 0.6) is 0 Å². The first-order chi connectivity index (χ1) is 10.1. The summed E-state index contributed by atoms with van der Waals surface area (Å²) in [6.45, 7) is 0. The number of amides is 1. The van der Waals surface area contributed by atoms with Gasteiger partial charge < -0.3 is 5.32 Å². The molecule has 0 aliphatic rings. The molecule has 2 aromatic carbocycles. The zero-order valence-corrected chi connectivity index (χ0v) is 13.2. The van der Waals surface area contributed by atoms with E-state index < -0.39 is 18.1 Å². The molecular formula is C16H12INO3. The summed E-state index contributed by atoms with van der Waals surface area (Å²) in [6.07, 6.45) is -0.430. The molecule has 0 unspecified atom stereocenters. The normalized spacial score (nSPS) is 9.95. The van der Waals surface area contributed by atoms with Crippen molar-refractivity contribution in [1.82, 2.24) is 0 Å². The summed E-state index contributed by atoms with van der Waals surface area (Å²) in [7, 11) is 0. The summed E-state index contributed by atoms with van der Waals surface area (Å²) in [5.41, 5.74) is 0.953. The fourth-order valence-corrected chi connectivity index (χ4v) is 2.05. The van der Waals surface area contributed by atoms with Crippen LogP contribution in [-0.2, 0) is 9.59 Å². The van der Waals surface area contributed by atoms with E-state index in [0.717, 1.165) is 3.57 Å². The van der Waals surface area contributed by atoms with Crippen molar-refractivity contribution >= 4 is 45.8 Å². The third-order valence-electron chi connectivity index (χ3n) is 2.77. The molecule has 0 aliphatic heterocycles. The molecule has 0 saturated heterocycles. The van der Waals surface area contributed by atoms with Crippen LogP contribution in [0.2, 0.25) is 0 Å². The lowest BCUT2D eigenvalue weighted by molar-refractivity contribution is -0.134. The SMILES string of the molecule is O=C(CC(=O)c1ccccc1)C(=O)Nc1ccc(I)cc1. The van der Waals surface area contributed by atoms with E-state index >= 15 is 0 Å².